The zero-order valence-corrected chi connectivity index (χ0v) is 16.8. The minimum Gasteiger partial charge on any atom is -0.324 e. The van der Waals surface area contributed by atoms with E-state index in [4.69, 9.17) is 23.8 Å². The van der Waals surface area contributed by atoms with Crippen LogP contribution in [0.2, 0.25) is 5.02 Å². The summed E-state index contributed by atoms with van der Waals surface area (Å²) in [6.45, 7) is -0.237. The highest BCUT2D eigenvalue weighted by Gasteiger charge is 2.33. The number of carbonyl (C=O) groups is 2. The fourth-order valence-corrected chi connectivity index (χ4v) is 3.77. The number of benzene rings is 2. The van der Waals surface area contributed by atoms with Crippen LogP contribution in [-0.4, -0.2) is 27.6 Å². The van der Waals surface area contributed by atoms with Gasteiger partial charge in [-0.05, 0) is 29.8 Å². The van der Waals surface area contributed by atoms with Crippen molar-refractivity contribution < 1.29 is 14.0 Å². The number of thiocarbonyl (C=S) groups is 1. The van der Waals surface area contributed by atoms with Gasteiger partial charge in [-0.15, -0.1) is 0 Å². The first-order valence-electron chi connectivity index (χ1n) is 8.16. The van der Waals surface area contributed by atoms with E-state index in [1.807, 2.05) is 36.4 Å². The first-order valence-corrected chi connectivity index (χ1v) is 9.76. The van der Waals surface area contributed by atoms with E-state index in [0.717, 1.165) is 23.4 Å². The number of halogens is 2. The summed E-state index contributed by atoms with van der Waals surface area (Å²) in [5.74, 6) is -1.37. The Morgan fingerprint density at radius 3 is 2.71 bits per heavy atom. The predicted molar refractivity (Wildman–Crippen MR) is 116 cm³/mol. The lowest BCUT2D eigenvalue weighted by molar-refractivity contribution is -0.126. The average Bonchev–Trinajstić information content (AvgIpc) is 2.93. The van der Waals surface area contributed by atoms with Gasteiger partial charge >= 0.3 is 0 Å². The van der Waals surface area contributed by atoms with E-state index in [1.165, 1.54) is 17.0 Å². The van der Waals surface area contributed by atoms with Crippen molar-refractivity contribution in [3.8, 4) is 0 Å². The van der Waals surface area contributed by atoms with Gasteiger partial charge in [0.1, 0.15) is 16.7 Å². The lowest BCUT2D eigenvalue weighted by Crippen LogP contribution is -2.36. The van der Waals surface area contributed by atoms with Crippen molar-refractivity contribution in [1.29, 1.82) is 0 Å². The first-order chi connectivity index (χ1) is 13.4. The summed E-state index contributed by atoms with van der Waals surface area (Å²) in [6.07, 6.45) is 5.31. The molecule has 0 aliphatic carbocycles. The highest BCUT2D eigenvalue weighted by Crippen LogP contribution is 2.31. The number of allylic oxidation sites excluding steroid dienone is 2. The molecule has 0 bridgehead atoms. The van der Waals surface area contributed by atoms with Crippen LogP contribution in [0.5, 0.6) is 0 Å². The molecule has 2 aromatic rings. The molecular formula is C20H14ClFN2O2S2. The van der Waals surface area contributed by atoms with Crippen LogP contribution in [0.25, 0.3) is 6.08 Å². The largest absolute Gasteiger partial charge is 0.324 e. The number of nitrogens with one attached hydrogen (secondary N) is 1. The second kappa shape index (κ2) is 9.14. The molecule has 2 aromatic carbocycles. The van der Waals surface area contributed by atoms with Gasteiger partial charge in [0.15, 0.2) is 0 Å². The molecule has 1 N–H and O–H groups in total. The third-order valence-corrected chi connectivity index (χ3v) is 5.40. The van der Waals surface area contributed by atoms with E-state index in [-0.39, 0.29) is 17.5 Å². The fraction of sp³-hybridized carbons (Fsp3) is 0.0500. The minimum atomic E-state index is -0.578. The minimum absolute atomic E-state index is 0.100. The third-order valence-electron chi connectivity index (χ3n) is 3.71. The molecule has 0 saturated carbocycles. The van der Waals surface area contributed by atoms with Crippen molar-refractivity contribution in [3.63, 3.8) is 0 Å². The number of amides is 2. The summed E-state index contributed by atoms with van der Waals surface area (Å²) in [5.41, 5.74) is 1.34. The summed E-state index contributed by atoms with van der Waals surface area (Å²) < 4.78 is 13.5. The summed E-state index contributed by atoms with van der Waals surface area (Å²) >= 11 is 12.0. The lowest BCUT2D eigenvalue weighted by atomic mass is 10.2. The number of anilines is 1. The molecule has 1 heterocycles. The summed E-state index contributed by atoms with van der Waals surface area (Å²) in [6, 6.07) is 13.5. The van der Waals surface area contributed by atoms with Gasteiger partial charge in [-0.3, -0.25) is 14.5 Å². The van der Waals surface area contributed by atoms with Gasteiger partial charge in [-0.1, -0.05) is 78.1 Å². The molecule has 28 heavy (non-hydrogen) atoms. The van der Waals surface area contributed by atoms with Crippen LogP contribution in [-0.2, 0) is 9.59 Å². The van der Waals surface area contributed by atoms with Crippen molar-refractivity contribution in [1.82, 2.24) is 4.90 Å². The molecule has 8 heteroatoms. The monoisotopic (exact) mass is 432 g/mol. The van der Waals surface area contributed by atoms with Gasteiger partial charge in [0.25, 0.3) is 5.91 Å². The fourth-order valence-electron chi connectivity index (χ4n) is 2.38. The van der Waals surface area contributed by atoms with Gasteiger partial charge in [0, 0.05) is 5.69 Å². The van der Waals surface area contributed by atoms with Gasteiger partial charge in [0.05, 0.1) is 9.93 Å². The van der Waals surface area contributed by atoms with Crippen molar-refractivity contribution >= 4 is 63.5 Å². The van der Waals surface area contributed by atoms with Crippen molar-refractivity contribution in [2.75, 3.05) is 11.9 Å². The average molecular weight is 433 g/mol. The number of hydrogen-bond acceptors (Lipinski definition) is 4. The van der Waals surface area contributed by atoms with E-state index in [0.29, 0.717) is 14.9 Å². The topological polar surface area (TPSA) is 49.4 Å². The zero-order valence-electron chi connectivity index (χ0n) is 14.4. The SMILES string of the molecule is O=C(CN1C(=O)/C(=C/C=C/c2ccccc2)SC1=S)Nc1ccc(F)c(Cl)c1. The Morgan fingerprint density at radius 2 is 2.00 bits per heavy atom. The Morgan fingerprint density at radius 1 is 1.25 bits per heavy atom. The van der Waals surface area contributed by atoms with Gasteiger partial charge in [-0.2, -0.15) is 0 Å². The maximum Gasteiger partial charge on any atom is 0.266 e. The van der Waals surface area contributed by atoms with Crippen molar-refractivity contribution in [2.45, 2.75) is 0 Å². The Balaban J connectivity index is 1.63. The standard InChI is InChI=1S/C20H14ClFN2O2S2/c21-15-11-14(9-10-16(15)22)23-18(25)12-24-19(26)17(28-20(24)27)8-4-7-13-5-2-1-3-6-13/h1-11H,12H2,(H,23,25)/b7-4+,17-8-. The molecule has 1 aliphatic rings. The smallest absolute Gasteiger partial charge is 0.266 e. The van der Waals surface area contributed by atoms with Crippen molar-refractivity contribution in [2.24, 2.45) is 0 Å². The molecule has 0 spiro atoms. The highest BCUT2D eigenvalue weighted by molar-refractivity contribution is 8.26. The van der Waals surface area contributed by atoms with E-state index in [9.17, 15) is 14.0 Å². The second-order valence-electron chi connectivity index (χ2n) is 5.74. The van der Waals surface area contributed by atoms with Crippen LogP contribution >= 0.6 is 35.6 Å². The van der Waals surface area contributed by atoms with Crippen LogP contribution < -0.4 is 5.32 Å². The zero-order chi connectivity index (χ0) is 20.1. The highest BCUT2D eigenvalue weighted by atomic mass is 35.5. The van der Waals surface area contributed by atoms with E-state index >= 15 is 0 Å². The molecule has 1 saturated heterocycles. The summed E-state index contributed by atoms with van der Waals surface area (Å²) in [7, 11) is 0. The number of thioether (sulfide) groups is 1. The van der Waals surface area contributed by atoms with Crippen LogP contribution in [0, 0.1) is 5.82 Å². The predicted octanol–water partition coefficient (Wildman–Crippen LogP) is 4.88. The summed E-state index contributed by atoms with van der Waals surface area (Å²) in [5, 5.41) is 2.47. The summed E-state index contributed by atoms with van der Waals surface area (Å²) in [4.78, 5) is 26.4. The number of nitrogens with zero attached hydrogens (tertiary/aromatic N) is 1. The number of rotatable bonds is 5. The molecular weight excluding hydrogens is 419 g/mol. The lowest BCUT2D eigenvalue weighted by Gasteiger charge is -2.14. The molecule has 0 unspecified atom stereocenters. The van der Waals surface area contributed by atoms with E-state index < -0.39 is 11.7 Å². The number of carbonyl (C=O) groups excluding carboxylic acids is 2. The Labute approximate surface area is 176 Å². The molecule has 1 aliphatic heterocycles. The molecule has 3 rings (SSSR count). The molecule has 0 atom stereocenters. The Kier molecular flexibility index (Phi) is 6.61. The van der Waals surface area contributed by atoms with Gasteiger partial charge in [-0.25, -0.2) is 4.39 Å². The number of hydrogen-bond donors (Lipinski definition) is 1. The maximum absolute atomic E-state index is 13.2. The quantitative estimate of drug-likeness (QED) is 0.540. The third kappa shape index (κ3) is 5.07. The maximum atomic E-state index is 13.2. The van der Waals surface area contributed by atoms with Crippen LogP contribution in [0.1, 0.15) is 5.56 Å². The molecule has 142 valence electrons. The molecule has 0 aromatic heterocycles. The Bertz CT molecular complexity index is 993. The van der Waals surface area contributed by atoms with Crippen LogP contribution in [0.4, 0.5) is 10.1 Å². The second-order valence-corrected chi connectivity index (χ2v) is 7.82. The molecule has 1 fully saturated rings. The molecule has 4 nitrogen and oxygen atoms in total. The Hall–Kier alpha value is -2.48. The normalized spacial score (nSPS) is 15.6. The van der Waals surface area contributed by atoms with Crippen molar-refractivity contribution in [3.05, 3.63) is 82.0 Å². The van der Waals surface area contributed by atoms with Crippen LogP contribution in [0.15, 0.2) is 65.6 Å². The first kappa shape index (κ1) is 20.3. The molecule has 2 amide bonds. The molecule has 0 radical (unpaired) electrons. The van der Waals surface area contributed by atoms with E-state index in [2.05, 4.69) is 5.32 Å². The van der Waals surface area contributed by atoms with Gasteiger partial charge < -0.3 is 5.32 Å². The van der Waals surface area contributed by atoms with E-state index in [1.54, 1.807) is 12.2 Å². The van der Waals surface area contributed by atoms with Gasteiger partial charge in [0.2, 0.25) is 5.91 Å². The van der Waals surface area contributed by atoms with Crippen LogP contribution in [0.3, 0.4) is 0 Å².